The third-order valence-corrected chi connectivity index (χ3v) is 6.63. The molecule has 0 unspecified atom stereocenters. The molecule has 0 bridgehead atoms. The Bertz CT molecular complexity index is 1480. The lowest BCUT2D eigenvalue weighted by Gasteiger charge is -2.23. The molecular weight excluding hydrogens is 450 g/mol. The van der Waals surface area contributed by atoms with E-state index in [1.165, 1.54) is 22.7 Å². The van der Waals surface area contributed by atoms with Gasteiger partial charge in [0.1, 0.15) is 16.9 Å². The molecule has 34 heavy (non-hydrogen) atoms. The molecule has 4 aromatic rings. The molecule has 0 aliphatic carbocycles. The summed E-state index contributed by atoms with van der Waals surface area (Å²) in [6, 6.07) is 19.1. The number of benzene rings is 2. The largest absolute Gasteiger partial charge is 0.286 e. The van der Waals surface area contributed by atoms with Gasteiger partial charge in [-0.25, -0.2) is 14.7 Å². The van der Waals surface area contributed by atoms with Crippen molar-refractivity contribution in [3.8, 4) is 11.1 Å². The van der Waals surface area contributed by atoms with E-state index in [4.69, 9.17) is 0 Å². The smallest absolute Gasteiger partial charge is 0.273 e. The summed E-state index contributed by atoms with van der Waals surface area (Å²) in [7, 11) is 0. The predicted molar refractivity (Wildman–Crippen MR) is 132 cm³/mol. The van der Waals surface area contributed by atoms with Crippen molar-refractivity contribution >= 4 is 39.1 Å². The van der Waals surface area contributed by atoms with Gasteiger partial charge in [0.15, 0.2) is 0 Å². The lowest BCUT2D eigenvalue weighted by Crippen LogP contribution is -2.40. The number of carbonyl (C=O) groups is 2. The van der Waals surface area contributed by atoms with Gasteiger partial charge in [-0.1, -0.05) is 60.7 Å². The van der Waals surface area contributed by atoms with Crippen LogP contribution >= 0.6 is 11.3 Å². The van der Waals surface area contributed by atoms with E-state index in [1.807, 2.05) is 67.6 Å². The quantitative estimate of drug-likeness (QED) is 0.480. The summed E-state index contributed by atoms with van der Waals surface area (Å²) in [6.07, 6.45) is 1.68. The second kappa shape index (κ2) is 9.03. The summed E-state index contributed by atoms with van der Waals surface area (Å²) in [6.45, 7) is 2.23. The molecule has 9 heteroatoms. The fourth-order valence-electron chi connectivity index (χ4n) is 3.95. The minimum absolute atomic E-state index is 0.151. The van der Waals surface area contributed by atoms with Crippen LogP contribution in [-0.2, 0) is 16.1 Å². The van der Waals surface area contributed by atoms with E-state index in [2.05, 4.69) is 15.5 Å². The molecule has 0 radical (unpaired) electrons. The number of hydrogen-bond donors (Lipinski definition) is 1. The highest BCUT2D eigenvalue weighted by atomic mass is 32.1. The molecule has 8 nitrogen and oxygen atoms in total. The van der Waals surface area contributed by atoms with E-state index in [0.717, 1.165) is 26.2 Å². The van der Waals surface area contributed by atoms with Crippen LogP contribution in [0.3, 0.4) is 0 Å². The van der Waals surface area contributed by atoms with Crippen molar-refractivity contribution in [3.05, 3.63) is 87.8 Å². The summed E-state index contributed by atoms with van der Waals surface area (Å²) in [5.41, 5.74) is 5.06. The maximum absolute atomic E-state index is 13.3. The number of amides is 2. The summed E-state index contributed by atoms with van der Waals surface area (Å²) in [5, 5.41) is 6.03. The summed E-state index contributed by atoms with van der Waals surface area (Å²) in [5.74, 6) is -0.691. The molecule has 2 aromatic carbocycles. The van der Waals surface area contributed by atoms with Crippen molar-refractivity contribution in [2.75, 3.05) is 5.43 Å². The van der Waals surface area contributed by atoms with Crippen LogP contribution in [0.15, 0.2) is 76.9 Å². The molecule has 0 saturated heterocycles. The predicted octanol–water partition coefficient (Wildman–Crippen LogP) is 3.68. The fraction of sp³-hybridized carbons (Fsp3) is 0.160. The van der Waals surface area contributed by atoms with Gasteiger partial charge in [0.05, 0.1) is 11.9 Å². The zero-order chi connectivity index (χ0) is 23.7. The highest BCUT2D eigenvalue weighted by molar-refractivity contribution is 7.19. The number of thiophene rings is 1. The molecular formula is C25H21N5O3S. The number of carbonyl (C=O) groups excluding carboxylic acids is 2. The van der Waals surface area contributed by atoms with Gasteiger partial charge >= 0.3 is 0 Å². The Morgan fingerprint density at radius 1 is 1.03 bits per heavy atom. The zero-order valence-electron chi connectivity index (χ0n) is 18.4. The molecule has 1 N–H and O–H groups in total. The van der Waals surface area contributed by atoms with Crippen molar-refractivity contribution in [2.45, 2.75) is 26.3 Å². The van der Waals surface area contributed by atoms with E-state index in [-0.39, 0.29) is 36.6 Å². The van der Waals surface area contributed by atoms with E-state index >= 15 is 0 Å². The van der Waals surface area contributed by atoms with Crippen LogP contribution in [0.5, 0.6) is 0 Å². The number of rotatable bonds is 5. The minimum Gasteiger partial charge on any atom is -0.273 e. The number of nitrogens with one attached hydrogen (secondary N) is 1. The van der Waals surface area contributed by atoms with Gasteiger partial charge in [0, 0.05) is 23.3 Å². The molecule has 0 spiro atoms. The number of hydrogen-bond acceptors (Lipinski definition) is 6. The molecule has 170 valence electrons. The molecule has 3 heterocycles. The molecule has 2 aromatic heterocycles. The Morgan fingerprint density at radius 2 is 1.74 bits per heavy atom. The Labute approximate surface area is 199 Å². The highest BCUT2D eigenvalue weighted by Crippen LogP contribution is 2.35. The van der Waals surface area contributed by atoms with E-state index < -0.39 is 5.91 Å². The Kier molecular flexibility index (Phi) is 5.77. The fourth-order valence-corrected chi connectivity index (χ4v) is 4.96. The number of hydrazone groups is 1. The third kappa shape index (κ3) is 4.13. The lowest BCUT2D eigenvalue weighted by molar-refractivity contribution is -0.132. The van der Waals surface area contributed by atoms with Crippen LogP contribution in [0, 0.1) is 6.92 Å². The van der Waals surface area contributed by atoms with Gasteiger partial charge in [-0.15, -0.1) is 11.3 Å². The van der Waals surface area contributed by atoms with Crippen LogP contribution in [0.1, 0.15) is 23.3 Å². The van der Waals surface area contributed by atoms with Gasteiger partial charge in [-0.3, -0.25) is 19.8 Å². The maximum atomic E-state index is 13.3. The molecule has 1 aliphatic heterocycles. The zero-order valence-corrected chi connectivity index (χ0v) is 19.2. The average Bonchev–Trinajstić information content (AvgIpc) is 3.20. The van der Waals surface area contributed by atoms with E-state index in [0.29, 0.717) is 10.2 Å². The van der Waals surface area contributed by atoms with Crippen LogP contribution in [0.4, 0.5) is 0 Å². The maximum Gasteiger partial charge on any atom is 0.286 e. The van der Waals surface area contributed by atoms with E-state index in [9.17, 15) is 14.4 Å². The van der Waals surface area contributed by atoms with Gasteiger partial charge in [0.25, 0.3) is 11.5 Å². The number of aryl methyl sites for hydroxylation is 1. The van der Waals surface area contributed by atoms with Crippen molar-refractivity contribution in [2.24, 2.45) is 5.10 Å². The van der Waals surface area contributed by atoms with Gasteiger partial charge in [0.2, 0.25) is 5.91 Å². The van der Waals surface area contributed by atoms with Crippen LogP contribution in [0.2, 0.25) is 0 Å². The van der Waals surface area contributed by atoms with Crippen molar-refractivity contribution in [1.29, 1.82) is 0 Å². The first kappa shape index (κ1) is 21.7. The first-order chi connectivity index (χ1) is 16.5. The second-order valence-electron chi connectivity index (χ2n) is 7.92. The molecule has 0 atom stereocenters. The molecule has 2 amide bonds. The third-order valence-electron chi connectivity index (χ3n) is 5.62. The SMILES string of the molecule is Cc1sc2ncn(NC(=O)C3=NN(Cc4ccccc4)C(=O)CC3)c(=O)c2c1-c1ccccc1. The highest BCUT2D eigenvalue weighted by Gasteiger charge is 2.25. The lowest BCUT2D eigenvalue weighted by atomic mass is 10.0. The van der Waals surface area contributed by atoms with Crippen LogP contribution in [-0.4, -0.2) is 32.2 Å². The second-order valence-corrected chi connectivity index (χ2v) is 9.13. The molecule has 0 fully saturated rings. The van der Waals surface area contributed by atoms with Crippen molar-refractivity contribution in [1.82, 2.24) is 14.7 Å². The standard InChI is InChI=1S/C25H21N5O3S/c1-16-21(18-10-6-3-7-11-18)22-24(34-16)26-15-30(25(22)33)28-23(32)19-12-13-20(31)29(27-19)14-17-8-4-2-5-9-17/h2-11,15H,12-14H2,1H3,(H,28,32). The van der Waals surface area contributed by atoms with Crippen molar-refractivity contribution < 1.29 is 9.59 Å². The number of fused-ring (bicyclic) bond motifs is 1. The summed E-state index contributed by atoms with van der Waals surface area (Å²) in [4.78, 5) is 44.6. The molecule has 5 rings (SSSR count). The van der Waals surface area contributed by atoms with Crippen molar-refractivity contribution in [3.63, 3.8) is 0 Å². The molecule has 0 saturated carbocycles. The first-order valence-corrected chi connectivity index (χ1v) is 11.6. The normalized spacial score (nSPS) is 13.7. The summed E-state index contributed by atoms with van der Waals surface area (Å²) >= 11 is 1.44. The van der Waals surface area contributed by atoms with Gasteiger partial charge in [-0.05, 0) is 18.1 Å². The first-order valence-electron chi connectivity index (χ1n) is 10.8. The Morgan fingerprint density at radius 3 is 2.47 bits per heavy atom. The molecule has 1 aliphatic rings. The minimum atomic E-state index is -0.540. The average molecular weight is 472 g/mol. The van der Waals surface area contributed by atoms with Gasteiger partial charge < -0.3 is 0 Å². The summed E-state index contributed by atoms with van der Waals surface area (Å²) < 4.78 is 1.09. The Balaban J connectivity index is 1.44. The number of aromatic nitrogens is 2. The number of nitrogens with zero attached hydrogens (tertiary/aromatic N) is 4. The van der Waals surface area contributed by atoms with Gasteiger partial charge in [-0.2, -0.15) is 5.10 Å². The van der Waals surface area contributed by atoms with Crippen LogP contribution in [0.25, 0.3) is 21.3 Å². The van der Waals surface area contributed by atoms with E-state index in [1.54, 1.807) is 0 Å². The topological polar surface area (TPSA) is 96.7 Å². The monoisotopic (exact) mass is 471 g/mol. The Hall–Kier alpha value is -4.11. The van der Waals surface area contributed by atoms with Crippen LogP contribution < -0.4 is 11.0 Å².